The molecule has 0 aliphatic heterocycles. The Morgan fingerprint density at radius 2 is 2.00 bits per heavy atom. The summed E-state index contributed by atoms with van der Waals surface area (Å²) in [4.78, 5) is 11.1. The van der Waals surface area contributed by atoms with Gasteiger partial charge in [-0.1, -0.05) is 30.7 Å². The van der Waals surface area contributed by atoms with E-state index in [2.05, 4.69) is 0 Å². The molecule has 0 saturated carbocycles. The van der Waals surface area contributed by atoms with E-state index in [1.807, 2.05) is 0 Å². The Bertz CT molecular complexity index is 306. The van der Waals surface area contributed by atoms with Crippen LogP contribution in [-0.4, -0.2) is 10.9 Å². The lowest BCUT2D eigenvalue weighted by Gasteiger charge is -2.09. The highest BCUT2D eigenvalue weighted by molar-refractivity contribution is 6.30. The number of benzene rings is 1. The maximum atomic E-state index is 11.1. The second-order valence-electron chi connectivity index (χ2n) is 3.16. The summed E-state index contributed by atoms with van der Waals surface area (Å²) in [6.45, 7) is 1.79. The van der Waals surface area contributed by atoms with Crippen molar-refractivity contribution in [3.63, 3.8) is 0 Å². The van der Waals surface area contributed by atoms with E-state index in [0.29, 0.717) is 11.4 Å². The second kappa shape index (κ2) is 5.13. The fourth-order valence-corrected chi connectivity index (χ4v) is 1.29. The van der Waals surface area contributed by atoms with Crippen molar-refractivity contribution in [1.82, 2.24) is 0 Å². The summed E-state index contributed by atoms with van der Waals surface area (Å²) in [6.07, 6.45) is -0.0669. The van der Waals surface area contributed by atoms with Crippen LogP contribution in [-0.2, 0) is 4.79 Å². The van der Waals surface area contributed by atoms with Gasteiger partial charge in [-0.3, -0.25) is 4.79 Å². The number of ketones is 1. The fraction of sp³-hybridized carbons (Fsp3) is 0.364. The Labute approximate surface area is 88.5 Å². The van der Waals surface area contributed by atoms with Gasteiger partial charge in [0.1, 0.15) is 5.78 Å². The highest BCUT2D eigenvalue weighted by Crippen LogP contribution is 2.19. The summed E-state index contributed by atoms with van der Waals surface area (Å²) in [5.41, 5.74) is 0.733. The zero-order chi connectivity index (χ0) is 10.6. The van der Waals surface area contributed by atoms with Crippen molar-refractivity contribution in [2.75, 3.05) is 0 Å². The first-order valence-electron chi connectivity index (χ1n) is 4.58. The van der Waals surface area contributed by atoms with Crippen LogP contribution in [0, 0.1) is 0 Å². The molecule has 1 atom stereocenters. The lowest BCUT2D eigenvalue weighted by Crippen LogP contribution is -2.05. The van der Waals surface area contributed by atoms with Gasteiger partial charge in [0, 0.05) is 17.9 Å². The summed E-state index contributed by atoms with van der Waals surface area (Å²) in [5, 5.41) is 10.3. The maximum Gasteiger partial charge on any atom is 0.135 e. The van der Waals surface area contributed by atoms with E-state index >= 15 is 0 Å². The first-order valence-corrected chi connectivity index (χ1v) is 4.96. The van der Waals surface area contributed by atoms with Gasteiger partial charge in [-0.2, -0.15) is 0 Å². The predicted octanol–water partition coefficient (Wildman–Crippen LogP) is 2.74. The number of Topliss-reactive ketones (excluding diaryl/α,β-unsaturated/α-hetero) is 1. The van der Waals surface area contributed by atoms with Gasteiger partial charge in [0.05, 0.1) is 6.10 Å². The third-order valence-electron chi connectivity index (χ3n) is 2.07. The number of carbonyl (C=O) groups is 1. The van der Waals surface area contributed by atoms with Crippen molar-refractivity contribution in [2.24, 2.45) is 0 Å². The Kier molecular flexibility index (Phi) is 4.11. The van der Waals surface area contributed by atoms with Crippen LogP contribution in [0.5, 0.6) is 0 Å². The van der Waals surface area contributed by atoms with Gasteiger partial charge in [-0.25, -0.2) is 0 Å². The molecule has 0 saturated heterocycles. The molecule has 0 unspecified atom stereocenters. The van der Waals surface area contributed by atoms with E-state index in [0.717, 1.165) is 5.56 Å². The van der Waals surface area contributed by atoms with Crippen LogP contribution in [0.15, 0.2) is 24.3 Å². The topological polar surface area (TPSA) is 37.3 Å². The van der Waals surface area contributed by atoms with Crippen LogP contribution in [0.25, 0.3) is 0 Å². The van der Waals surface area contributed by atoms with E-state index in [4.69, 9.17) is 11.6 Å². The number of rotatable bonds is 4. The van der Waals surface area contributed by atoms with Gasteiger partial charge in [-0.15, -0.1) is 0 Å². The van der Waals surface area contributed by atoms with Gasteiger partial charge < -0.3 is 5.11 Å². The van der Waals surface area contributed by atoms with Crippen LogP contribution in [0.3, 0.4) is 0 Å². The van der Waals surface area contributed by atoms with E-state index < -0.39 is 6.10 Å². The zero-order valence-electron chi connectivity index (χ0n) is 8.03. The van der Waals surface area contributed by atoms with E-state index in [1.54, 1.807) is 31.2 Å². The molecule has 1 rings (SSSR count). The Balaban J connectivity index is 2.65. The van der Waals surface area contributed by atoms with Crippen LogP contribution < -0.4 is 0 Å². The SMILES string of the molecule is CCC(=O)C[C@H](O)c1ccc(Cl)cc1. The van der Waals surface area contributed by atoms with Crippen molar-refractivity contribution in [3.8, 4) is 0 Å². The first-order chi connectivity index (χ1) is 6.63. The third kappa shape index (κ3) is 3.13. The normalized spacial score (nSPS) is 12.5. The molecule has 0 radical (unpaired) electrons. The maximum absolute atomic E-state index is 11.1. The van der Waals surface area contributed by atoms with Crippen LogP contribution in [0.2, 0.25) is 5.02 Å². The largest absolute Gasteiger partial charge is 0.388 e. The first kappa shape index (κ1) is 11.2. The molecule has 0 aromatic heterocycles. The molecule has 3 heteroatoms. The number of hydrogen-bond acceptors (Lipinski definition) is 2. The molecular formula is C11H13ClO2. The highest BCUT2D eigenvalue weighted by atomic mass is 35.5. The molecule has 76 valence electrons. The number of aliphatic hydroxyl groups is 1. The predicted molar refractivity (Wildman–Crippen MR) is 56.3 cm³/mol. The monoisotopic (exact) mass is 212 g/mol. The van der Waals surface area contributed by atoms with E-state index in [-0.39, 0.29) is 12.2 Å². The lowest BCUT2D eigenvalue weighted by atomic mass is 10.0. The molecule has 0 amide bonds. The smallest absolute Gasteiger partial charge is 0.135 e. The summed E-state index contributed by atoms with van der Waals surface area (Å²) < 4.78 is 0. The standard InChI is InChI=1S/C11H13ClO2/c1-2-10(13)7-11(14)8-3-5-9(12)6-4-8/h3-6,11,14H,2,7H2,1H3/t11-/m0/s1. The number of hydrogen-bond donors (Lipinski definition) is 1. The van der Waals surface area contributed by atoms with E-state index in [9.17, 15) is 9.90 Å². The van der Waals surface area contributed by atoms with Gasteiger partial charge >= 0.3 is 0 Å². The second-order valence-corrected chi connectivity index (χ2v) is 3.60. The van der Waals surface area contributed by atoms with Crippen molar-refractivity contribution in [2.45, 2.75) is 25.9 Å². The molecule has 14 heavy (non-hydrogen) atoms. The fourth-order valence-electron chi connectivity index (χ4n) is 1.16. The molecule has 2 nitrogen and oxygen atoms in total. The van der Waals surface area contributed by atoms with Gasteiger partial charge in [0.25, 0.3) is 0 Å². The number of halogens is 1. The minimum atomic E-state index is -0.709. The molecule has 0 heterocycles. The molecule has 1 N–H and O–H groups in total. The van der Waals surface area contributed by atoms with Crippen molar-refractivity contribution < 1.29 is 9.90 Å². The summed E-state index contributed by atoms with van der Waals surface area (Å²) in [5.74, 6) is 0.0625. The van der Waals surface area contributed by atoms with Gasteiger partial charge in [0.2, 0.25) is 0 Å². The molecule has 0 bridgehead atoms. The summed E-state index contributed by atoms with van der Waals surface area (Å²) in [6, 6.07) is 6.87. The quantitative estimate of drug-likeness (QED) is 0.834. The Morgan fingerprint density at radius 1 is 1.43 bits per heavy atom. The minimum absolute atomic E-state index is 0.0625. The molecule has 0 aliphatic rings. The lowest BCUT2D eigenvalue weighted by molar-refractivity contribution is -0.120. The molecule has 0 aliphatic carbocycles. The Hall–Kier alpha value is -0.860. The van der Waals surface area contributed by atoms with Crippen LogP contribution in [0.4, 0.5) is 0 Å². The number of aliphatic hydroxyl groups excluding tert-OH is 1. The average Bonchev–Trinajstić information content (AvgIpc) is 2.18. The summed E-state index contributed by atoms with van der Waals surface area (Å²) >= 11 is 5.70. The zero-order valence-corrected chi connectivity index (χ0v) is 8.79. The molecule has 1 aromatic rings. The molecular weight excluding hydrogens is 200 g/mol. The minimum Gasteiger partial charge on any atom is -0.388 e. The van der Waals surface area contributed by atoms with Crippen molar-refractivity contribution in [3.05, 3.63) is 34.9 Å². The Morgan fingerprint density at radius 3 is 2.50 bits per heavy atom. The third-order valence-corrected chi connectivity index (χ3v) is 2.32. The van der Waals surface area contributed by atoms with E-state index in [1.165, 1.54) is 0 Å². The van der Waals surface area contributed by atoms with Crippen molar-refractivity contribution >= 4 is 17.4 Å². The molecule has 0 fully saturated rings. The van der Waals surface area contributed by atoms with Crippen LogP contribution in [0.1, 0.15) is 31.4 Å². The van der Waals surface area contributed by atoms with Crippen molar-refractivity contribution in [1.29, 1.82) is 0 Å². The van der Waals surface area contributed by atoms with Gasteiger partial charge in [-0.05, 0) is 17.7 Å². The van der Waals surface area contributed by atoms with Gasteiger partial charge in [0.15, 0.2) is 0 Å². The highest BCUT2D eigenvalue weighted by Gasteiger charge is 2.11. The average molecular weight is 213 g/mol. The van der Waals surface area contributed by atoms with Crippen LogP contribution >= 0.6 is 11.6 Å². The molecule has 0 spiro atoms. The molecule has 1 aromatic carbocycles. The number of carbonyl (C=O) groups excluding carboxylic acids is 1. The summed E-state index contributed by atoms with van der Waals surface area (Å²) in [7, 11) is 0.